The van der Waals surface area contributed by atoms with E-state index in [1.54, 1.807) is 6.20 Å². The Morgan fingerprint density at radius 3 is 2.76 bits per heavy atom. The molecule has 0 saturated carbocycles. The molecule has 4 aromatic rings. The molecule has 3 heterocycles. The molecule has 1 aliphatic rings. The van der Waals surface area contributed by atoms with E-state index in [1.165, 1.54) is 12.5 Å². The van der Waals surface area contributed by atoms with Crippen molar-refractivity contribution in [3.63, 3.8) is 0 Å². The maximum atomic E-state index is 12.0. The Morgan fingerprint density at radius 2 is 2.03 bits per heavy atom. The zero-order valence-electron chi connectivity index (χ0n) is 21.8. The summed E-state index contributed by atoms with van der Waals surface area (Å²) in [6.07, 6.45) is 4.76. The predicted molar refractivity (Wildman–Crippen MR) is 152 cm³/mol. The maximum Gasteiger partial charge on any atom is 0.227 e. The number of rotatable bonds is 6. The van der Waals surface area contributed by atoms with Crippen LogP contribution in [-0.4, -0.2) is 58.6 Å². The number of halogens is 1. The summed E-state index contributed by atoms with van der Waals surface area (Å²) in [5, 5.41) is 7.87. The summed E-state index contributed by atoms with van der Waals surface area (Å²) in [6, 6.07) is 12.7. The number of fused-ring (bicyclic) bond motifs is 1. The molecule has 1 saturated heterocycles. The van der Waals surface area contributed by atoms with Crippen molar-refractivity contribution in [2.75, 3.05) is 42.7 Å². The Kier molecular flexibility index (Phi) is 6.79. The minimum atomic E-state index is -0.113. The molecule has 0 aliphatic carbocycles. The number of benzene rings is 2. The summed E-state index contributed by atoms with van der Waals surface area (Å²) in [5.74, 6) is 0.317. The molecule has 1 atom stereocenters. The van der Waals surface area contributed by atoms with Crippen LogP contribution in [0.15, 0.2) is 48.8 Å². The summed E-state index contributed by atoms with van der Waals surface area (Å²) >= 11 is 6.57. The van der Waals surface area contributed by atoms with E-state index < -0.39 is 0 Å². The van der Waals surface area contributed by atoms with Gasteiger partial charge < -0.3 is 25.0 Å². The molecule has 9 heteroatoms. The number of carbonyl (C=O) groups is 1. The molecule has 1 amide bonds. The summed E-state index contributed by atoms with van der Waals surface area (Å²) in [5.41, 5.74) is 6.50. The molecular formula is C28H32ClN7O. The lowest BCUT2D eigenvalue weighted by molar-refractivity contribution is -0.114. The number of anilines is 4. The number of likely N-dealkylation sites (N-methyl/N-ethyl adjacent to an activating group) is 1. The van der Waals surface area contributed by atoms with Crippen molar-refractivity contribution >= 4 is 51.4 Å². The molecule has 1 fully saturated rings. The third-order valence-electron chi connectivity index (χ3n) is 7.00. The number of hydrogen-bond donors (Lipinski definition) is 2. The number of amides is 1. The van der Waals surface area contributed by atoms with Crippen LogP contribution in [0.2, 0.25) is 5.02 Å². The highest BCUT2D eigenvalue weighted by Gasteiger charge is 2.26. The maximum absolute atomic E-state index is 12.0. The van der Waals surface area contributed by atoms with E-state index in [0.29, 0.717) is 22.7 Å². The molecule has 8 nitrogen and oxygen atoms in total. The van der Waals surface area contributed by atoms with Crippen LogP contribution in [0.1, 0.15) is 18.9 Å². The number of nitrogens with zero attached hydrogens (tertiary/aromatic N) is 5. The van der Waals surface area contributed by atoms with Gasteiger partial charge in [-0.25, -0.2) is 9.97 Å². The molecular weight excluding hydrogens is 486 g/mol. The molecule has 0 spiro atoms. The number of hydrogen-bond acceptors (Lipinski definition) is 6. The zero-order valence-corrected chi connectivity index (χ0v) is 22.6. The van der Waals surface area contributed by atoms with Crippen LogP contribution in [0.25, 0.3) is 22.2 Å². The van der Waals surface area contributed by atoms with Crippen LogP contribution < -0.4 is 15.5 Å². The van der Waals surface area contributed by atoms with Gasteiger partial charge in [-0.1, -0.05) is 29.8 Å². The predicted octanol–water partition coefficient (Wildman–Crippen LogP) is 5.44. The summed E-state index contributed by atoms with van der Waals surface area (Å²) in [4.78, 5) is 25.8. The van der Waals surface area contributed by atoms with Crippen molar-refractivity contribution in [2.45, 2.75) is 26.3 Å². The summed E-state index contributed by atoms with van der Waals surface area (Å²) < 4.78 is 2.10. The van der Waals surface area contributed by atoms with Gasteiger partial charge >= 0.3 is 0 Å². The third-order valence-corrected chi connectivity index (χ3v) is 7.28. The molecule has 0 radical (unpaired) electrons. The minimum absolute atomic E-state index is 0.113. The molecule has 5 rings (SSSR count). The number of aromatic nitrogens is 3. The first-order valence-corrected chi connectivity index (χ1v) is 12.8. The Morgan fingerprint density at radius 1 is 1.22 bits per heavy atom. The Labute approximate surface area is 222 Å². The van der Waals surface area contributed by atoms with Gasteiger partial charge in [0.05, 0.1) is 33.8 Å². The Balaban J connectivity index is 1.47. The average Bonchev–Trinajstić information content (AvgIpc) is 3.46. The van der Waals surface area contributed by atoms with Gasteiger partial charge in [0, 0.05) is 55.9 Å². The lowest BCUT2D eigenvalue weighted by Gasteiger charge is -2.24. The fourth-order valence-corrected chi connectivity index (χ4v) is 5.36. The highest BCUT2D eigenvalue weighted by Crippen LogP contribution is 2.36. The second-order valence-electron chi connectivity index (χ2n) is 9.91. The average molecular weight is 518 g/mol. The summed E-state index contributed by atoms with van der Waals surface area (Å²) in [6.45, 7) is 5.48. The monoisotopic (exact) mass is 517 g/mol. The first kappa shape index (κ1) is 25.0. The normalized spacial score (nSPS) is 15.5. The van der Waals surface area contributed by atoms with Crippen molar-refractivity contribution in [1.29, 1.82) is 0 Å². The zero-order chi connectivity index (χ0) is 26.3. The van der Waals surface area contributed by atoms with E-state index in [0.717, 1.165) is 53.0 Å². The largest absolute Gasteiger partial charge is 0.368 e. The number of nitrogens with one attached hydrogen (secondary N) is 2. The van der Waals surface area contributed by atoms with Gasteiger partial charge in [-0.05, 0) is 51.2 Å². The van der Waals surface area contributed by atoms with Gasteiger partial charge in [0.1, 0.15) is 0 Å². The standard InChI is InChI=1S/C28H32ClN7O/c1-17-7-6-8-21-22(16-35(5)27(17)21)26-23(29)14-30-28(33-26)32-19-9-10-25(24(13-19)31-18(2)37)36-12-11-20(15-36)34(3)4/h6-10,13-14,16,20H,11-12,15H2,1-5H3,(H,31,37)(H,30,32,33)/t20-/m0/s1. The van der Waals surface area contributed by atoms with Crippen LogP contribution in [0.4, 0.5) is 23.0 Å². The first-order valence-electron chi connectivity index (χ1n) is 12.4. The summed E-state index contributed by atoms with van der Waals surface area (Å²) in [7, 11) is 6.24. The van der Waals surface area contributed by atoms with E-state index in [9.17, 15) is 4.79 Å². The lowest BCUT2D eigenvalue weighted by atomic mass is 10.1. The number of carbonyl (C=O) groups excluding carboxylic acids is 1. The van der Waals surface area contributed by atoms with E-state index in [2.05, 4.69) is 69.3 Å². The van der Waals surface area contributed by atoms with Gasteiger partial charge in [0.2, 0.25) is 11.9 Å². The smallest absolute Gasteiger partial charge is 0.227 e. The lowest BCUT2D eigenvalue weighted by Crippen LogP contribution is -2.31. The van der Waals surface area contributed by atoms with E-state index in [1.807, 2.05) is 31.3 Å². The van der Waals surface area contributed by atoms with E-state index in [-0.39, 0.29) is 5.91 Å². The highest BCUT2D eigenvalue weighted by atomic mass is 35.5. The fraction of sp³-hybridized carbons (Fsp3) is 0.321. The second kappa shape index (κ2) is 10.0. The van der Waals surface area contributed by atoms with Crippen LogP contribution in [0, 0.1) is 6.92 Å². The SMILES string of the molecule is CC(=O)Nc1cc(Nc2ncc(Cl)c(-c3cn(C)c4c(C)cccc34)n2)ccc1N1CC[C@H](N(C)C)C1. The van der Waals surface area contributed by atoms with Crippen molar-refractivity contribution in [2.24, 2.45) is 7.05 Å². The molecule has 0 unspecified atom stereocenters. The minimum Gasteiger partial charge on any atom is -0.368 e. The fourth-order valence-electron chi connectivity index (χ4n) is 5.17. The Bertz CT molecular complexity index is 1480. The van der Waals surface area contributed by atoms with Crippen molar-refractivity contribution in [3.05, 3.63) is 59.4 Å². The highest BCUT2D eigenvalue weighted by molar-refractivity contribution is 6.33. The van der Waals surface area contributed by atoms with Crippen molar-refractivity contribution < 1.29 is 4.79 Å². The van der Waals surface area contributed by atoms with Crippen LogP contribution in [0.3, 0.4) is 0 Å². The topological polar surface area (TPSA) is 78.3 Å². The molecule has 1 aliphatic heterocycles. The van der Waals surface area contributed by atoms with Crippen LogP contribution in [-0.2, 0) is 11.8 Å². The second-order valence-corrected chi connectivity index (χ2v) is 10.3. The molecule has 2 aromatic carbocycles. The molecule has 192 valence electrons. The van der Waals surface area contributed by atoms with E-state index >= 15 is 0 Å². The van der Waals surface area contributed by atoms with Gasteiger partial charge in [0.15, 0.2) is 0 Å². The van der Waals surface area contributed by atoms with Crippen molar-refractivity contribution in [3.8, 4) is 11.3 Å². The number of aryl methyl sites for hydroxylation is 2. The van der Waals surface area contributed by atoms with Gasteiger partial charge in [0.25, 0.3) is 0 Å². The molecule has 2 aromatic heterocycles. The molecule has 0 bridgehead atoms. The Hall–Kier alpha value is -3.62. The van der Waals surface area contributed by atoms with Gasteiger partial charge in [-0.2, -0.15) is 0 Å². The van der Waals surface area contributed by atoms with Crippen molar-refractivity contribution in [1.82, 2.24) is 19.4 Å². The van der Waals surface area contributed by atoms with Crippen LogP contribution >= 0.6 is 11.6 Å². The van der Waals surface area contributed by atoms with Gasteiger partial charge in [-0.15, -0.1) is 0 Å². The molecule has 2 N–H and O–H groups in total. The van der Waals surface area contributed by atoms with Crippen LogP contribution in [0.5, 0.6) is 0 Å². The van der Waals surface area contributed by atoms with Gasteiger partial charge in [-0.3, -0.25) is 4.79 Å². The number of para-hydroxylation sites is 1. The first-order chi connectivity index (χ1) is 17.7. The third kappa shape index (κ3) is 4.99. The molecule has 37 heavy (non-hydrogen) atoms. The van der Waals surface area contributed by atoms with E-state index in [4.69, 9.17) is 16.6 Å². The quantitative estimate of drug-likeness (QED) is 0.354.